The molecule has 1 atom stereocenters. The molecule has 0 saturated carbocycles. The van der Waals surface area contributed by atoms with Crippen molar-refractivity contribution >= 4 is 17.5 Å². The van der Waals surface area contributed by atoms with Crippen molar-refractivity contribution in [2.45, 2.75) is 19.1 Å². The lowest BCUT2D eigenvalue weighted by Crippen LogP contribution is -2.56. The fraction of sp³-hybridized carbons (Fsp3) is 0.462. The lowest BCUT2D eigenvalue weighted by molar-refractivity contribution is -0.148. The van der Waals surface area contributed by atoms with E-state index in [9.17, 15) is 4.79 Å². The number of hydrogen-bond donors (Lipinski definition) is 2. The van der Waals surface area contributed by atoms with Gasteiger partial charge in [0.05, 0.1) is 6.61 Å². The zero-order valence-electron chi connectivity index (χ0n) is 10.3. The van der Waals surface area contributed by atoms with Gasteiger partial charge in [-0.05, 0) is 24.6 Å². The van der Waals surface area contributed by atoms with Gasteiger partial charge in [0.2, 0.25) is 0 Å². The van der Waals surface area contributed by atoms with E-state index in [1.807, 2.05) is 24.3 Å². The highest BCUT2D eigenvalue weighted by Crippen LogP contribution is 2.14. The number of amides is 1. The van der Waals surface area contributed by atoms with Gasteiger partial charge in [0.15, 0.2) is 5.60 Å². The van der Waals surface area contributed by atoms with Crippen LogP contribution in [0.25, 0.3) is 0 Å². The summed E-state index contributed by atoms with van der Waals surface area (Å²) in [4.78, 5) is 12.1. The molecule has 0 aromatic heterocycles. The molecule has 1 aliphatic rings. The minimum absolute atomic E-state index is 0.102. The zero-order chi connectivity index (χ0) is 13.0. The van der Waals surface area contributed by atoms with Crippen LogP contribution >= 0.6 is 11.6 Å². The summed E-state index contributed by atoms with van der Waals surface area (Å²) in [6.07, 6.45) is 0. The van der Waals surface area contributed by atoms with E-state index < -0.39 is 5.60 Å². The molecule has 1 heterocycles. The summed E-state index contributed by atoms with van der Waals surface area (Å²) in [5.41, 5.74) is 0.194. The van der Waals surface area contributed by atoms with Crippen molar-refractivity contribution < 1.29 is 9.53 Å². The van der Waals surface area contributed by atoms with Gasteiger partial charge >= 0.3 is 0 Å². The quantitative estimate of drug-likeness (QED) is 0.870. The van der Waals surface area contributed by atoms with Crippen LogP contribution in [0.1, 0.15) is 12.5 Å². The maximum atomic E-state index is 12.1. The van der Waals surface area contributed by atoms with Crippen LogP contribution in [0.3, 0.4) is 0 Å². The van der Waals surface area contributed by atoms with Gasteiger partial charge in [0, 0.05) is 24.7 Å². The molecule has 1 amide bonds. The number of halogens is 1. The van der Waals surface area contributed by atoms with Gasteiger partial charge in [0.25, 0.3) is 5.91 Å². The molecule has 2 rings (SSSR count). The first-order valence-electron chi connectivity index (χ1n) is 5.98. The molecule has 5 heteroatoms. The first-order valence-corrected chi connectivity index (χ1v) is 6.35. The summed E-state index contributed by atoms with van der Waals surface area (Å²) in [7, 11) is 0. The summed E-state index contributed by atoms with van der Waals surface area (Å²) in [6, 6.07) is 7.44. The van der Waals surface area contributed by atoms with Gasteiger partial charge in [0.1, 0.15) is 0 Å². The van der Waals surface area contributed by atoms with Crippen LogP contribution in [0.5, 0.6) is 0 Å². The van der Waals surface area contributed by atoms with E-state index in [4.69, 9.17) is 16.3 Å². The first kappa shape index (κ1) is 13.3. The summed E-state index contributed by atoms with van der Waals surface area (Å²) in [5.74, 6) is -0.102. The molecule has 0 aliphatic carbocycles. The van der Waals surface area contributed by atoms with E-state index in [1.165, 1.54) is 0 Å². The standard InChI is InChI=1S/C13H17ClN2O2/c1-13(9-15-5-6-18-13)12(17)16-8-10-3-2-4-11(14)7-10/h2-4,7,15H,5-6,8-9H2,1H3,(H,16,17)/t13-/m1/s1. The Morgan fingerprint density at radius 2 is 2.44 bits per heavy atom. The summed E-state index contributed by atoms with van der Waals surface area (Å²) >= 11 is 5.89. The average Bonchev–Trinajstić information content (AvgIpc) is 2.37. The van der Waals surface area contributed by atoms with Crippen molar-refractivity contribution in [3.63, 3.8) is 0 Å². The fourth-order valence-corrected chi connectivity index (χ4v) is 2.10. The molecule has 4 nitrogen and oxygen atoms in total. The molecule has 1 saturated heterocycles. The summed E-state index contributed by atoms with van der Waals surface area (Å²) in [5, 5.41) is 6.70. The predicted molar refractivity (Wildman–Crippen MR) is 70.5 cm³/mol. The molecule has 0 spiro atoms. The minimum atomic E-state index is -0.781. The highest BCUT2D eigenvalue weighted by molar-refractivity contribution is 6.30. The van der Waals surface area contributed by atoms with Crippen LogP contribution < -0.4 is 10.6 Å². The second-order valence-electron chi connectivity index (χ2n) is 4.57. The van der Waals surface area contributed by atoms with Crippen molar-refractivity contribution in [2.24, 2.45) is 0 Å². The minimum Gasteiger partial charge on any atom is -0.363 e. The molecule has 1 aromatic carbocycles. The molecule has 0 bridgehead atoms. The molecule has 18 heavy (non-hydrogen) atoms. The van der Waals surface area contributed by atoms with E-state index in [0.29, 0.717) is 24.7 Å². The summed E-state index contributed by atoms with van der Waals surface area (Å²) < 4.78 is 5.54. The molecular weight excluding hydrogens is 252 g/mol. The van der Waals surface area contributed by atoms with Crippen molar-refractivity contribution in [1.29, 1.82) is 0 Å². The van der Waals surface area contributed by atoms with E-state index >= 15 is 0 Å². The number of benzene rings is 1. The van der Waals surface area contributed by atoms with Crippen molar-refractivity contribution in [3.05, 3.63) is 34.9 Å². The van der Waals surface area contributed by atoms with Gasteiger partial charge in [-0.3, -0.25) is 4.79 Å². The van der Waals surface area contributed by atoms with Crippen molar-refractivity contribution in [1.82, 2.24) is 10.6 Å². The second-order valence-corrected chi connectivity index (χ2v) is 5.01. The molecule has 1 aliphatic heterocycles. The normalized spacial score (nSPS) is 23.7. The monoisotopic (exact) mass is 268 g/mol. The number of ether oxygens (including phenoxy) is 1. The third-order valence-electron chi connectivity index (χ3n) is 2.98. The number of rotatable bonds is 3. The number of hydrogen-bond acceptors (Lipinski definition) is 3. The van der Waals surface area contributed by atoms with E-state index in [1.54, 1.807) is 6.92 Å². The number of carbonyl (C=O) groups excluding carboxylic acids is 1. The number of carbonyl (C=O) groups is 1. The predicted octanol–water partition coefficient (Wildman–Crippen LogP) is 1.33. The third kappa shape index (κ3) is 3.22. The van der Waals surface area contributed by atoms with Crippen molar-refractivity contribution in [3.8, 4) is 0 Å². The van der Waals surface area contributed by atoms with E-state index in [-0.39, 0.29) is 5.91 Å². The molecule has 0 radical (unpaired) electrons. The maximum Gasteiger partial charge on any atom is 0.253 e. The largest absolute Gasteiger partial charge is 0.363 e. The van der Waals surface area contributed by atoms with E-state index in [0.717, 1.165) is 12.1 Å². The molecule has 0 unspecified atom stereocenters. The Balaban J connectivity index is 1.91. The first-order chi connectivity index (χ1) is 8.60. The van der Waals surface area contributed by atoms with Gasteiger partial charge in [-0.2, -0.15) is 0 Å². The molecule has 98 valence electrons. The maximum absolute atomic E-state index is 12.1. The number of nitrogens with one attached hydrogen (secondary N) is 2. The molecular formula is C13H17ClN2O2. The zero-order valence-corrected chi connectivity index (χ0v) is 11.1. The smallest absolute Gasteiger partial charge is 0.253 e. The van der Waals surface area contributed by atoms with Crippen molar-refractivity contribution in [2.75, 3.05) is 19.7 Å². The Bertz CT molecular complexity index is 431. The Morgan fingerprint density at radius 1 is 1.61 bits per heavy atom. The van der Waals surface area contributed by atoms with Gasteiger partial charge < -0.3 is 15.4 Å². The van der Waals surface area contributed by atoms with Crippen LogP contribution in [-0.2, 0) is 16.1 Å². The highest BCUT2D eigenvalue weighted by Gasteiger charge is 2.35. The Labute approximate surface area is 112 Å². The van der Waals surface area contributed by atoms with Crippen LogP contribution in [0, 0.1) is 0 Å². The third-order valence-corrected chi connectivity index (χ3v) is 3.22. The summed E-state index contributed by atoms with van der Waals surface area (Å²) in [6.45, 7) is 4.14. The average molecular weight is 269 g/mol. The second kappa shape index (κ2) is 5.69. The van der Waals surface area contributed by atoms with Gasteiger partial charge in [-0.1, -0.05) is 23.7 Å². The molecule has 2 N–H and O–H groups in total. The number of morpholine rings is 1. The van der Waals surface area contributed by atoms with Crippen LogP contribution in [0.2, 0.25) is 5.02 Å². The Morgan fingerprint density at radius 3 is 3.11 bits per heavy atom. The SMILES string of the molecule is C[C@]1(C(=O)NCc2cccc(Cl)c2)CNCCO1. The topological polar surface area (TPSA) is 50.4 Å². The van der Waals surface area contributed by atoms with Gasteiger partial charge in [-0.25, -0.2) is 0 Å². The lowest BCUT2D eigenvalue weighted by Gasteiger charge is -2.32. The fourth-order valence-electron chi connectivity index (χ4n) is 1.89. The van der Waals surface area contributed by atoms with E-state index in [2.05, 4.69) is 10.6 Å². The molecule has 1 fully saturated rings. The Hall–Kier alpha value is -1.10. The van der Waals surface area contributed by atoms with Crippen LogP contribution in [-0.4, -0.2) is 31.2 Å². The van der Waals surface area contributed by atoms with Crippen LogP contribution in [0.4, 0.5) is 0 Å². The van der Waals surface area contributed by atoms with Gasteiger partial charge in [-0.15, -0.1) is 0 Å². The molecule has 1 aromatic rings. The highest BCUT2D eigenvalue weighted by atomic mass is 35.5. The van der Waals surface area contributed by atoms with Crippen LogP contribution in [0.15, 0.2) is 24.3 Å². The lowest BCUT2D eigenvalue weighted by atomic mass is 10.0. The Kier molecular flexibility index (Phi) is 4.22.